The van der Waals surface area contributed by atoms with Crippen LogP contribution in [0, 0.1) is 5.82 Å². The van der Waals surface area contributed by atoms with E-state index in [9.17, 15) is 4.39 Å². The molecular formula is C13H20FN3. The van der Waals surface area contributed by atoms with E-state index in [1.807, 2.05) is 11.9 Å². The lowest BCUT2D eigenvalue weighted by atomic mass is 10.0. The van der Waals surface area contributed by atoms with E-state index in [4.69, 9.17) is 5.73 Å². The van der Waals surface area contributed by atoms with Crippen LogP contribution in [0.15, 0.2) is 18.2 Å². The first-order valence-electron chi connectivity index (χ1n) is 6.04. The highest BCUT2D eigenvalue weighted by Gasteiger charge is 2.22. The zero-order valence-electron chi connectivity index (χ0n) is 10.5. The molecule has 1 saturated heterocycles. The summed E-state index contributed by atoms with van der Waals surface area (Å²) in [4.78, 5) is 4.32. The number of anilines is 2. The van der Waals surface area contributed by atoms with Crippen molar-refractivity contribution in [3.63, 3.8) is 0 Å². The highest BCUT2D eigenvalue weighted by Crippen LogP contribution is 2.25. The molecule has 2 N–H and O–H groups in total. The van der Waals surface area contributed by atoms with Crippen LogP contribution in [0.25, 0.3) is 0 Å². The molecule has 2 rings (SSSR count). The van der Waals surface area contributed by atoms with Gasteiger partial charge in [0.05, 0.1) is 5.69 Å². The van der Waals surface area contributed by atoms with E-state index in [1.54, 1.807) is 12.1 Å². The summed E-state index contributed by atoms with van der Waals surface area (Å²) in [6.07, 6.45) is 2.28. The van der Waals surface area contributed by atoms with Crippen molar-refractivity contribution in [3.05, 3.63) is 24.0 Å². The highest BCUT2D eigenvalue weighted by atomic mass is 19.1. The number of nitrogens with zero attached hydrogens (tertiary/aromatic N) is 2. The minimum Gasteiger partial charge on any atom is -0.399 e. The Hall–Kier alpha value is -1.29. The van der Waals surface area contributed by atoms with Crippen molar-refractivity contribution in [2.45, 2.75) is 18.9 Å². The van der Waals surface area contributed by atoms with Crippen molar-refractivity contribution in [3.8, 4) is 0 Å². The van der Waals surface area contributed by atoms with Gasteiger partial charge in [0.25, 0.3) is 0 Å². The van der Waals surface area contributed by atoms with Gasteiger partial charge in [-0.1, -0.05) is 0 Å². The molecule has 1 aromatic carbocycles. The zero-order chi connectivity index (χ0) is 12.4. The maximum Gasteiger partial charge on any atom is 0.148 e. The second-order valence-corrected chi connectivity index (χ2v) is 4.88. The maximum atomic E-state index is 13.8. The molecule has 0 saturated carbocycles. The Morgan fingerprint density at radius 1 is 1.47 bits per heavy atom. The predicted octanol–water partition coefficient (Wildman–Crippen LogP) is 1.94. The number of halogens is 1. The fraction of sp³-hybridized carbons (Fsp3) is 0.538. The van der Waals surface area contributed by atoms with Crippen molar-refractivity contribution < 1.29 is 4.39 Å². The first kappa shape index (κ1) is 12.2. The van der Waals surface area contributed by atoms with Gasteiger partial charge in [-0.15, -0.1) is 0 Å². The third-order valence-electron chi connectivity index (χ3n) is 3.50. The van der Waals surface area contributed by atoms with Crippen LogP contribution in [0.3, 0.4) is 0 Å². The average molecular weight is 237 g/mol. The minimum absolute atomic E-state index is 0.235. The molecule has 0 radical (unpaired) electrons. The molecule has 1 aliphatic rings. The Bertz CT molecular complexity index is 394. The molecule has 0 aliphatic carbocycles. The molecule has 0 amide bonds. The van der Waals surface area contributed by atoms with Gasteiger partial charge in [0.15, 0.2) is 0 Å². The Labute approximate surface area is 102 Å². The highest BCUT2D eigenvalue weighted by molar-refractivity contribution is 5.54. The molecule has 3 nitrogen and oxygen atoms in total. The van der Waals surface area contributed by atoms with E-state index in [1.165, 1.54) is 12.5 Å². The van der Waals surface area contributed by atoms with E-state index < -0.39 is 0 Å². The van der Waals surface area contributed by atoms with Gasteiger partial charge >= 0.3 is 0 Å². The van der Waals surface area contributed by atoms with Crippen LogP contribution in [-0.2, 0) is 0 Å². The number of hydrogen-bond acceptors (Lipinski definition) is 3. The maximum absolute atomic E-state index is 13.8. The molecular weight excluding hydrogens is 217 g/mol. The number of likely N-dealkylation sites (tertiary alicyclic amines) is 1. The van der Waals surface area contributed by atoms with Gasteiger partial charge in [-0.25, -0.2) is 4.39 Å². The Balaban J connectivity index is 2.15. The number of hydrogen-bond donors (Lipinski definition) is 1. The molecule has 1 unspecified atom stereocenters. The summed E-state index contributed by atoms with van der Waals surface area (Å²) in [7, 11) is 4.07. The first-order valence-corrected chi connectivity index (χ1v) is 6.04. The van der Waals surface area contributed by atoms with E-state index in [-0.39, 0.29) is 5.82 Å². The van der Waals surface area contributed by atoms with Gasteiger partial charge < -0.3 is 15.5 Å². The fourth-order valence-corrected chi connectivity index (χ4v) is 2.46. The van der Waals surface area contributed by atoms with Gasteiger partial charge in [-0.05, 0) is 44.6 Å². The fourth-order valence-electron chi connectivity index (χ4n) is 2.46. The average Bonchev–Trinajstić information content (AvgIpc) is 2.28. The van der Waals surface area contributed by atoms with E-state index in [0.717, 1.165) is 19.5 Å². The molecule has 1 aliphatic heterocycles. The molecule has 1 atom stereocenters. The van der Waals surface area contributed by atoms with Gasteiger partial charge in [0, 0.05) is 25.3 Å². The van der Waals surface area contributed by atoms with Crippen LogP contribution in [-0.4, -0.2) is 38.1 Å². The number of nitrogen functional groups attached to an aromatic ring is 1. The molecule has 1 fully saturated rings. The SMILES string of the molecule is CN1CCCC(N(C)c2ccc(N)cc2F)C1. The van der Waals surface area contributed by atoms with Crippen molar-refractivity contribution in [1.82, 2.24) is 4.90 Å². The number of benzene rings is 1. The largest absolute Gasteiger partial charge is 0.399 e. The number of piperidine rings is 1. The van der Waals surface area contributed by atoms with Gasteiger partial charge in [0.1, 0.15) is 5.82 Å². The summed E-state index contributed by atoms with van der Waals surface area (Å²) in [6, 6.07) is 5.28. The zero-order valence-corrected chi connectivity index (χ0v) is 10.5. The molecule has 1 heterocycles. The summed E-state index contributed by atoms with van der Waals surface area (Å²) in [5.74, 6) is -0.235. The van der Waals surface area contributed by atoms with Gasteiger partial charge in [-0.3, -0.25) is 0 Å². The van der Waals surface area contributed by atoms with E-state index in [2.05, 4.69) is 11.9 Å². The monoisotopic (exact) mass is 237 g/mol. The molecule has 17 heavy (non-hydrogen) atoms. The van der Waals surface area contributed by atoms with Gasteiger partial charge in [0.2, 0.25) is 0 Å². The van der Waals surface area contributed by atoms with Crippen molar-refractivity contribution in [2.24, 2.45) is 0 Å². The molecule has 0 aromatic heterocycles. The Morgan fingerprint density at radius 2 is 2.24 bits per heavy atom. The van der Waals surface area contributed by atoms with Crippen LogP contribution in [0.1, 0.15) is 12.8 Å². The molecule has 0 spiro atoms. The van der Waals surface area contributed by atoms with Crippen LogP contribution in [0.5, 0.6) is 0 Å². The summed E-state index contributed by atoms with van der Waals surface area (Å²) >= 11 is 0. The Kier molecular flexibility index (Phi) is 3.52. The summed E-state index contributed by atoms with van der Waals surface area (Å²) < 4.78 is 13.8. The minimum atomic E-state index is -0.235. The number of rotatable bonds is 2. The Morgan fingerprint density at radius 3 is 2.88 bits per heavy atom. The van der Waals surface area contributed by atoms with Crippen molar-refractivity contribution >= 4 is 11.4 Å². The standard InChI is InChI=1S/C13H20FN3/c1-16-7-3-4-11(9-16)17(2)13-6-5-10(15)8-12(13)14/h5-6,8,11H,3-4,7,9,15H2,1-2H3. The van der Waals surface area contributed by atoms with Crippen molar-refractivity contribution in [1.29, 1.82) is 0 Å². The van der Waals surface area contributed by atoms with Crippen LogP contribution in [0.4, 0.5) is 15.8 Å². The molecule has 0 bridgehead atoms. The number of likely N-dealkylation sites (N-methyl/N-ethyl adjacent to an activating group) is 2. The van der Waals surface area contributed by atoms with Crippen LogP contribution >= 0.6 is 0 Å². The smallest absolute Gasteiger partial charge is 0.148 e. The third kappa shape index (κ3) is 2.69. The molecule has 94 valence electrons. The normalized spacial score (nSPS) is 21.5. The summed E-state index contributed by atoms with van der Waals surface area (Å²) in [5, 5.41) is 0. The first-order chi connectivity index (χ1) is 8.08. The third-order valence-corrected chi connectivity index (χ3v) is 3.50. The summed E-state index contributed by atoms with van der Waals surface area (Å²) in [5.41, 5.74) is 6.67. The summed E-state index contributed by atoms with van der Waals surface area (Å²) in [6.45, 7) is 2.12. The molecule has 4 heteroatoms. The van der Waals surface area contributed by atoms with Crippen LogP contribution in [0.2, 0.25) is 0 Å². The lowest BCUT2D eigenvalue weighted by Gasteiger charge is -2.37. The van der Waals surface area contributed by atoms with E-state index >= 15 is 0 Å². The lowest BCUT2D eigenvalue weighted by molar-refractivity contribution is 0.247. The topological polar surface area (TPSA) is 32.5 Å². The van der Waals surface area contributed by atoms with Gasteiger partial charge in [-0.2, -0.15) is 0 Å². The van der Waals surface area contributed by atoms with Crippen LogP contribution < -0.4 is 10.6 Å². The van der Waals surface area contributed by atoms with E-state index in [0.29, 0.717) is 17.4 Å². The second-order valence-electron chi connectivity index (χ2n) is 4.88. The quantitative estimate of drug-likeness (QED) is 0.798. The second kappa shape index (κ2) is 4.92. The molecule has 1 aromatic rings. The van der Waals surface area contributed by atoms with Crippen molar-refractivity contribution in [2.75, 3.05) is 37.8 Å². The number of nitrogens with two attached hydrogens (primary N) is 1. The predicted molar refractivity (Wildman–Crippen MR) is 69.7 cm³/mol. The lowest BCUT2D eigenvalue weighted by Crippen LogP contribution is -2.45.